The number of hydrogen-bond donors (Lipinski definition) is 0. The fourth-order valence-electron chi connectivity index (χ4n) is 2.13. The fourth-order valence-corrected chi connectivity index (χ4v) is 2.13. The maximum absolute atomic E-state index is 10.7. The Morgan fingerprint density at radius 3 is 1.94 bits per heavy atom. The van der Waals surface area contributed by atoms with Crippen molar-refractivity contribution in [1.82, 2.24) is 0 Å². The van der Waals surface area contributed by atoms with E-state index < -0.39 is 0 Å². The molecule has 1 fully saturated rings. The van der Waals surface area contributed by atoms with Crippen LogP contribution < -0.4 is 5.63 Å². The average molecular weight is 218 g/mol. The molecule has 0 unspecified atom stereocenters. The lowest BCUT2D eigenvalue weighted by Crippen LogP contribution is -1.99. The Labute approximate surface area is 95.6 Å². The Kier molecular flexibility index (Phi) is 3.60. The second-order valence-corrected chi connectivity index (χ2v) is 4.66. The van der Waals surface area contributed by atoms with E-state index in [9.17, 15) is 4.79 Å². The van der Waals surface area contributed by atoms with Crippen LogP contribution in [0.4, 0.5) is 0 Å². The molecule has 0 amide bonds. The minimum atomic E-state index is -0.241. The van der Waals surface area contributed by atoms with Crippen molar-refractivity contribution < 1.29 is 4.42 Å². The predicted octanol–water partition coefficient (Wildman–Crippen LogP) is 3.82. The van der Waals surface area contributed by atoms with E-state index in [-0.39, 0.29) is 5.63 Å². The highest BCUT2D eigenvalue weighted by Gasteiger charge is 2.05. The first-order valence-electron chi connectivity index (χ1n) is 6.08. The third-order valence-electron chi connectivity index (χ3n) is 3.19. The first kappa shape index (κ1) is 11.2. The molecule has 86 valence electrons. The zero-order chi connectivity index (χ0) is 11.4. The summed E-state index contributed by atoms with van der Waals surface area (Å²) in [5, 5.41) is 0.630. The molecule has 4 rings (SSSR count). The molecular formula is C14H18O2. The van der Waals surface area contributed by atoms with Crippen molar-refractivity contribution in [2.45, 2.75) is 39.0 Å². The Bertz CT molecular complexity index is 446. The van der Waals surface area contributed by atoms with Gasteiger partial charge in [-0.25, -0.2) is 4.79 Å². The zero-order valence-corrected chi connectivity index (χ0v) is 9.74. The zero-order valence-electron chi connectivity index (χ0n) is 9.74. The molecule has 0 radical (unpaired) electrons. The summed E-state index contributed by atoms with van der Waals surface area (Å²) in [6, 6.07) is 7.05. The van der Waals surface area contributed by atoms with E-state index in [1.807, 2.05) is 0 Å². The summed E-state index contributed by atoms with van der Waals surface area (Å²) < 4.78 is 4.75. The van der Waals surface area contributed by atoms with Crippen molar-refractivity contribution in [2.24, 2.45) is 5.92 Å². The van der Waals surface area contributed by atoms with E-state index in [1.165, 1.54) is 32.1 Å². The first-order chi connectivity index (χ1) is 7.75. The van der Waals surface area contributed by atoms with Crippen LogP contribution in [0.2, 0.25) is 0 Å². The van der Waals surface area contributed by atoms with Gasteiger partial charge in [-0.1, -0.05) is 39.0 Å². The van der Waals surface area contributed by atoms with Gasteiger partial charge in [0.1, 0.15) is 5.58 Å². The minimum absolute atomic E-state index is 0.241. The van der Waals surface area contributed by atoms with Gasteiger partial charge in [-0.3, -0.25) is 0 Å². The second-order valence-electron chi connectivity index (χ2n) is 4.66. The van der Waals surface area contributed by atoms with Gasteiger partial charge in [-0.2, -0.15) is 0 Å². The minimum Gasteiger partial charge on any atom is -0.423 e. The van der Waals surface area contributed by atoms with Crippen LogP contribution in [-0.4, -0.2) is 0 Å². The molecule has 1 aliphatic carbocycles. The van der Waals surface area contributed by atoms with Gasteiger partial charge >= 0.3 is 5.63 Å². The van der Waals surface area contributed by atoms with E-state index in [2.05, 4.69) is 6.92 Å². The van der Waals surface area contributed by atoms with Gasteiger partial charge in [0.25, 0.3) is 0 Å². The molecule has 1 aliphatic rings. The third kappa shape index (κ3) is 2.84. The molecule has 2 bridgehead atoms. The van der Waals surface area contributed by atoms with Crippen molar-refractivity contribution in [3.05, 3.63) is 34.7 Å². The molecule has 0 atom stereocenters. The molecule has 3 aromatic rings. The highest BCUT2D eigenvalue weighted by atomic mass is 16.4. The molecule has 2 aromatic heterocycles. The Morgan fingerprint density at radius 1 is 1.06 bits per heavy atom. The van der Waals surface area contributed by atoms with E-state index in [4.69, 9.17) is 4.42 Å². The summed E-state index contributed by atoms with van der Waals surface area (Å²) in [6.07, 6.45) is 7.44. The van der Waals surface area contributed by atoms with Crippen LogP contribution >= 0.6 is 0 Å². The Morgan fingerprint density at radius 2 is 1.69 bits per heavy atom. The Balaban J connectivity index is 0.000000125. The maximum Gasteiger partial charge on any atom is 0.343 e. The third-order valence-corrected chi connectivity index (χ3v) is 3.19. The second kappa shape index (κ2) is 5.15. The number of rotatable bonds is 0. The normalized spacial score (nSPS) is 17.1. The molecule has 0 aliphatic heterocycles. The first-order valence-corrected chi connectivity index (χ1v) is 6.08. The van der Waals surface area contributed by atoms with Gasteiger partial charge < -0.3 is 4.42 Å². The van der Waals surface area contributed by atoms with Crippen LogP contribution in [0.1, 0.15) is 39.0 Å². The lowest BCUT2D eigenvalue weighted by molar-refractivity contribution is 0.385. The van der Waals surface area contributed by atoms with Gasteiger partial charge in [0.2, 0.25) is 0 Å². The molecular weight excluding hydrogens is 200 g/mol. The maximum atomic E-state index is 10.7. The van der Waals surface area contributed by atoms with Gasteiger partial charge in [0, 0.05) is 0 Å². The van der Waals surface area contributed by atoms with Crippen molar-refractivity contribution in [3.63, 3.8) is 0 Å². The highest BCUT2D eigenvalue weighted by Crippen LogP contribution is 2.22. The molecule has 0 spiro atoms. The largest absolute Gasteiger partial charge is 0.423 e. The van der Waals surface area contributed by atoms with Crippen LogP contribution in [0, 0.1) is 5.92 Å². The van der Waals surface area contributed by atoms with Gasteiger partial charge in [0.15, 0.2) is 0 Å². The summed E-state index contributed by atoms with van der Waals surface area (Å²) in [5.74, 6) is 1.04. The van der Waals surface area contributed by atoms with Crippen LogP contribution in [0.3, 0.4) is 0 Å². The molecule has 0 saturated heterocycles. The lowest BCUT2D eigenvalue weighted by atomic mass is 9.91. The van der Waals surface area contributed by atoms with Crippen molar-refractivity contribution >= 4 is 11.0 Å². The Hall–Kier alpha value is -1.31. The molecule has 2 heteroatoms. The molecule has 2 heterocycles. The van der Waals surface area contributed by atoms with Crippen molar-refractivity contribution in [2.75, 3.05) is 0 Å². The predicted molar refractivity (Wildman–Crippen MR) is 65.9 cm³/mol. The summed E-state index contributed by atoms with van der Waals surface area (Å²) in [5.41, 5.74) is 0.394. The van der Waals surface area contributed by atoms with Crippen LogP contribution in [-0.2, 0) is 0 Å². The number of benzene rings is 1. The van der Waals surface area contributed by atoms with Crippen LogP contribution in [0.15, 0.2) is 33.5 Å². The molecule has 0 N–H and O–H groups in total. The average Bonchev–Trinajstić information content (AvgIpc) is 2.32. The van der Waals surface area contributed by atoms with Crippen LogP contribution in [0.25, 0.3) is 11.0 Å². The smallest absolute Gasteiger partial charge is 0.343 e. The summed E-state index contributed by atoms with van der Waals surface area (Å²) >= 11 is 0. The highest BCUT2D eigenvalue weighted by molar-refractivity contribution is 5.59. The van der Waals surface area contributed by atoms with E-state index in [0.29, 0.717) is 11.0 Å². The van der Waals surface area contributed by atoms with Crippen molar-refractivity contribution in [3.8, 4) is 0 Å². The molecule has 16 heavy (non-hydrogen) atoms. The van der Waals surface area contributed by atoms with Gasteiger partial charge in [-0.05, 0) is 30.2 Å². The fraction of sp³-hybridized carbons (Fsp3) is 0.500. The standard InChI is InChI=1S/C7H4O2.C7H14/c8-7-5-1-3-6(9-7)4-2-5;1-7-5-3-2-4-6-7/h1-4H;7H,2-6H2,1H3. The topological polar surface area (TPSA) is 30.2 Å². The van der Waals surface area contributed by atoms with Crippen molar-refractivity contribution in [1.29, 1.82) is 0 Å². The SMILES string of the molecule is CC1CCCCC1.O=c1oc2ccc1cc2. The lowest BCUT2D eigenvalue weighted by Gasteiger charge is -2.15. The summed E-state index contributed by atoms with van der Waals surface area (Å²) in [6.45, 7) is 2.36. The van der Waals surface area contributed by atoms with E-state index in [1.54, 1.807) is 24.3 Å². The number of fused-ring (bicyclic) bond motifs is 3. The molecule has 2 nitrogen and oxygen atoms in total. The van der Waals surface area contributed by atoms with E-state index in [0.717, 1.165) is 5.92 Å². The van der Waals surface area contributed by atoms with Crippen LogP contribution in [0.5, 0.6) is 0 Å². The molecule has 1 aromatic carbocycles. The summed E-state index contributed by atoms with van der Waals surface area (Å²) in [4.78, 5) is 10.7. The molecule has 1 saturated carbocycles. The van der Waals surface area contributed by atoms with E-state index >= 15 is 0 Å². The monoisotopic (exact) mass is 218 g/mol. The van der Waals surface area contributed by atoms with Gasteiger partial charge in [-0.15, -0.1) is 0 Å². The summed E-state index contributed by atoms with van der Waals surface area (Å²) in [7, 11) is 0. The van der Waals surface area contributed by atoms with Gasteiger partial charge in [0.05, 0.1) is 5.39 Å². The quantitative estimate of drug-likeness (QED) is 0.673. The number of hydrogen-bond acceptors (Lipinski definition) is 2.